The average Bonchev–Trinajstić information content (AvgIpc) is 2.62. The van der Waals surface area contributed by atoms with Gasteiger partial charge in [-0.15, -0.1) is 0 Å². The van der Waals surface area contributed by atoms with Gasteiger partial charge < -0.3 is 10.4 Å². The molecule has 4 nitrogen and oxygen atoms in total. The van der Waals surface area contributed by atoms with E-state index in [1.165, 1.54) is 12.8 Å². The molecule has 0 radical (unpaired) electrons. The highest BCUT2D eigenvalue weighted by Gasteiger charge is 2.57. The number of amides is 1. The predicted molar refractivity (Wildman–Crippen MR) is 114 cm³/mol. The first-order valence-corrected chi connectivity index (χ1v) is 11.3. The minimum Gasteiger partial charge on any atom is -0.481 e. The Balaban J connectivity index is 1.89. The number of rotatable bonds is 11. The first kappa shape index (κ1) is 23.0. The van der Waals surface area contributed by atoms with E-state index in [1.807, 2.05) is 0 Å². The quantitative estimate of drug-likeness (QED) is 0.357. The zero-order valence-electron chi connectivity index (χ0n) is 18.6. The Bertz CT molecular complexity index is 578. The van der Waals surface area contributed by atoms with Crippen molar-refractivity contribution >= 4 is 11.9 Å². The van der Waals surface area contributed by atoms with Gasteiger partial charge in [0.05, 0.1) is 5.41 Å². The molecular formula is C24H41NO3. The van der Waals surface area contributed by atoms with Crippen molar-refractivity contribution in [2.45, 2.75) is 98.4 Å². The summed E-state index contributed by atoms with van der Waals surface area (Å²) in [4.78, 5) is 23.7. The lowest BCUT2D eigenvalue weighted by Gasteiger charge is -2.62. The third kappa shape index (κ3) is 5.39. The van der Waals surface area contributed by atoms with Gasteiger partial charge in [0.25, 0.3) is 0 Å². The minimum absolute atomic E-state index is 0.219. The molecule has 3 aliphatic rings. The van der Waals surface area contributed by atoms with Crippen molar-refractivity contribution in [3.63, 3.8) is 0 Å². The highest BCUT2D eigenvalue weighted by molar-refractivity contribution is 5.76. The average molecular weight is 392 g/mol. The van der Waals surface area contributed by atoms with E-state index in [9.17, 15) is 14.7 Å². The van der Waals surface area contributed by atoms with Crippen LogP contribution in [0.4, 0.5) is 0 Å². The van der Waals surface area contributed by atoms with E-state index in [0.717, 1.165) is 38.0 Å². The molecule has 3 saturated carbocycles. The molecule has 0 spiro atoms. The van der Waals surface area contributed by atoms with E-state index < -0.39 is 11.4 Å². The highest BCUT2D eigenvalue weighted by Crippen LogP contribution is 2.61. The molecule has 3 aliphatic carbocycles. The predicted octanol–water partition coefficient (Wildman–Crippen LogP) is 5.57. The fourth-order valence-electron chi connectivity index (χ4n) is 5.10. The molecule has 0 heterocycles. The molecule has 0 aromatic heterocycles. The molecule has 0 aromatic carbocycles. The Hall–Kier alpha value is -1.32. The standard InChI is InChI=1S/C24H41NO3/c1-6-7-9-13-20(26)25-21-17(15-18-16-19(21)24(18,4)5)12-10-8-11-14-23(2,3)22(27)28/h8,10,17-19,21H,6-7,9,11-16H2,1-5H3,(H,25,26)(H,27,28)/b10-8+. The van der Waals surface area contributed by atoms with E-state index in [4.69, 9.17) is 0 Å². The van der Waals surface area contributed by atoms with E-state index in [2.05, 4.69) is 38.2 Å². The number of carbonyl (C=O) groups excluding carboxylic acids is 1. The largest absolute Gasteiger partial charge is 0.481 e. The molecule has 28 heavy (non-hydrogen) atoms. The van der Waals surface area contributed by atoms with Crippen molar-refractivity contribution in [1.82, 2.24) is 5.32 Å². The minimum atomic E-state index is -0.735. The molecule has 0 saturated heterocycles. The second-order valence-corrected chi connectivity index (χ2v) is 10.3. The van der Waals surface area contributed by atoms with Gasteiger partial charge in [0, 0.05) is 12.5 Å². The maximum absolute atomic E-state index is 12.5. The van der Waals surface area contributed by atoms with Gasteiger partial charge in [-0.25, -0.2) is 0 Å². The van der Waals surface area contributed by atoms with Crippen LogP contribution in [-0.4, -0.2) is 23.0 Å². The van der Waals surface area contributed by atoms with Crippen molar-refractivity contribution in [2.75, 3.05) is 0 Å². The number of carboxylic acid groups (broad SMARTS) is 1. The smallest absolute Gasteiger partial charge is 0.309 e. The molecule has 0 aliphatic heterocycles. The van der Waals surface area contributed by atoms with Crippen LogP contribution >= 0.6 is 0 Å². The lowest BCUT2D eigenvalue weighted by atomic mass is 9.44. The summed E-state index contributed by atoms with van der Waals surface area (Å²) in [6.07, 6.45) is 13.1. The molecule has 4 heteroatoms. The number of unbranched alkanes of at least 4 members (excludes halogenated alkanes) is 2. The molecule has 4 atom stereocenters. The van der Waals surface area contributed by atoms with Crippen LogP contribution in [0.5, 0.6) is 0 Å². The fourth-order valence-corrected chi connectivity index (χ4v) is 5.10. The molecule has 3 fully saturated rings. The number of carboxylic acids is 1. The van der Waals surface area contributed by atoms with Gasteiger partial charge in [0.1, 0.15) is 0 Å². The van der Waals surface area contributed by atoms with Gasteiger partial charge in [-0.3, -0.25) is 9.59 Å². The molecular weight excluding hydrogens is 350 g/mol. The summed E-state index contributed by atoms with van der Waals surface area (Å²) in [6.45, 7) is 10.5. The van der Waals surface area contributed by atoms with E-state index >= 15 is 0 Å². The Morgan fingerprint density at radius 1 is 1.18 bits per heavy atom. The fraction of sp³-hybridized carbons (Fsp3) is 0.833. The van der Waals surface area contributed by atoms with Gasteiger partial charge in [0.2, 0.25) is 5.91 Å². The van der Waals surface area contributed by atoms with Crippen molar-refractivity contribution in [1.29, 1.82) is 0 Å². The molecule has 160 valence electrons. The van der Waals surface area contributed by atoms with Crippen LogP contribution in [0.3, 0.4) is 0 Å². The number of nitrogens with one attached hydrogen (secondary N) is 1. The van der Waals surface area contributed by atoms with Crippen molar-refractivity contribution in [3.8, 4) is 0 Å². The molecule has 3 rings (SSSR count). The van der Waals surface area contributed by atoms with E-state index in [-0.39, 0.29) is 11.9 Å². The lowest BCUT2D eigenvalue weighted by Crippen LogP contribution is -2.63. The summed E-state index contributed by atoms with van der Waals surface area (Å²) in [6, 6.07) is 0.286. The Labute approximate surface area is 171 Å². The van der Waals surface area contributed by atoms with Crippen LogP contribution < -0.4 is 5.32 Å². The first-order chi connectivity index (χ1) is 13.1. The summed E-state index contributed by atoms with van der Waals surface area (Å²) in [5.74, 6) is 1.36. The summed E-state index contributed by atoms with van der Waals surface area (Å²) >= 11 is 0. The number of carbonyl (C=O) groups is 2. The van der Waals surface area contributed by atoms with Crippen molar-refractivity contribution in [2.24, 2.45) is 28.6 Å². The number of hydrogen-bond donors (Lipinski definition) is 2. The number of allylic oxidation sites excluding steroid dienone is 2. The van der Waals surface area contributed by atoms with Crippen LogP contribution in [0.2, 0.25) is 0 Å². The third-order valence-corrected chi connectivity index (χ3v) is 7.53. The van der Waals surface area contributed by atoms with Gasteiger partial charge in [-0.2, -0.15) is 0 Å². The van der Waals surface area contributed by atoms with Crippen LogP contribution in [0, 0.1) is 28.6 Å². The molecule has 1 amide bonds. The maximum atomic E-state index is 12.5. The number of fused-ring (bicyclic) bond motifs is 2. The summed E-state index contributed by atoms with van der Waals surface area (Å²) in [5.41, 5.74) is -0.330. The zero-order valence-corrected chi connectivity index (χ0v) is 18.6. The van der Waals surface area contributed by atoms with Crippen molar-refractivity contribution in [3.05, 3.63) is 12.2 Å². The Kier molecular flexibility index (Phi) is 7.75. The van der Waals surface area contributed by atoms with Gasteiger partial charge in [-0.05, 0) is 75.5 Å². The molecule has 0 aromatic rings. The highest BCUT2D eigenvalue weighted by atomic mass is 16.4. The van der Waals surface area contributed by atoms with Crippen molar-refractivity contribution < 1.29 is 14.7 Å². The second-order valence-electron chi connectivity index (χ2n) is 10.3. The summed E-state index contributed by atoms with van der Waals surface area (Å²) in [7, 11) is 0. The van der Waals surface area contributed by atoms with Crippen LogP contribution in [0.1, 0.15) is 92.4 Å². The normalized spacial score (nSPS) is 28.8. The molecule has 2 bridgehead atoms. The SMILES string of the molecule is CCCCCC(=O)NC1C(C/C=C/CCC(C)(C)C(=O)O)CC2CC1C2(C)C. The topological polar surface area (TPSA) is 66.4 Å². The first-order valence-electron chi connectivity index (χ1n) is 11.3. The van der Waals surface area contributed by atoms with E-state index in [1.54, 1.807) is 13.8 Å². The molecule has 4 unspecified atom stereocenters. The monoisotopic (exact) mass is 391 g/mol. The van der Waals surface area contributed by atoms with Gasteiger partial charge >= 0.3 is 5.97 Å². The van der Waals surface area contributed by atoms with E-state index in [0.29, 0.717) is 30.1 Å². The van der Waals surface area contributed by atoms with Crippen LogP contribution in [0.25, 0.3) is 0 Å². The third-order valence-electron chi connectivity index (χ3n) is 7.53. The maximum Gasteiger partial charge on any atom is 0.309 e. The van der Waals surface area contributed by atoms with Crippen LogP contribution in [-0.2, 0) is 9.59 Å². The Morgan fingerprint density at radius 3 is 2.50 bits per heavy atom. The van der Waals surface area contributed by atoms with Crippen LogP contribution in [0.15, 0.2) is 12.2 Å². The second kappa shape index (κ2) is 9.45. The number of aliphatic carboxylic acids is 1. The Morgan fingerprint density at radius 2 is 1.89 bits per heavy atom. The summed E-state index contributed by atoms with van der Waals surface area (Å²) < 4.78 is 0. The van der Waals surface area contributed by atoms with Gasteiger partial charge in [-0.1, -0.05) is 45.8 Å². The summed E-state index contributed by atoms with van der Waals surface area (Å²) in [5, 5.41) is 12.6. The zero-order chi connectivity index (χ0) is 20.9. The molecule has 2 N–H and O–H groups in total. The number of hydrogen-bond acceptors (Lipinski definition) is 2. The van der Waals surface area contributed by atoms with Gasteiger partial charge in [0.15, 0.2) is 0 Å². The lowest BCUT2D eigenvalue weighted by molar-refractivity contribution is -0.147.